The number of nitrogens with two attached hydrogens (primary N) is 1. The van der Waals surface area contributed by atoms with Crippen LogP contribution >= 0.6 is 0 Å². The summed E-state index contributed by atoms with van der Waals surface area (Å²) in [6.07, 6.45) is 3.99. The number of nitrogens with zero attached hydrogens (tertiary/aromatic N) is 1. The lowest BCUT2D eigenvalue weighted by molar-refractivity contribution is 0.669. The Morgan fingerprint density at radius 3 is 2.85 bits per heavy atom. The highest BCUT2D eigenvalue weighted by molar-refractivity contribution is 7.84. The third kappa shape index (κ3) is 4.87. The molecule has 2 unspecified atom stereocenters. The minimum Gasteiger partial charge on any atom is -0.370 e. The van der Waals surface area contributed by atoms with Crippen LogP contribution in [-0.4, -0.2) is 34.3 Å². The Hall–Kier alpha value is -0.580. The van der Waals surface area contributed by atoms with Gasteiger partial charge in [0, 0.05) is 28.9 Å². The Labute approximate surface area is 81.4 Å². The first-order valence-corrected chi connectivity index (χ1v) is 6.20. The van der Waals surface area contributed by atoms with E-state index in [-0.39, 0.29) is 6.04 Å². The van der Waals surface area contributed by atoms with Crippen LogP contribution in [0.1, 0.15) is 19.8 Å². The Bertz CT molecular complexity index is 225. The molecule has 0 amide bonds. The van der Waals surface area contributed by atoms with E-state index in [0.29, 0.717) is 17.8 Å². The van der Waals surface area contributed by atoms with Gasteiger partial charge >= 0.3 is 0 Å². The van der Waals surface area contributed by atoms with E-state index >= 15 is 0 Å². The Morgan fingerprint density at radius 1 is 1.77 bits per heavy atom. The minimum atomic E-state index is -0.782. The van der Waals surface area contributed by atoms with Gasteiger partial charge in [0.1, 0.15) is 0 Å². The molecular formula is C8H17N3OS. The van der Waals surface area contributed by atoms with Crippen molar-refractivity contribution in [2.24, 2.45) is 10.7 Å². The van der Waals surface area contributed by atoms with Gasteiger partial charge in [-0.25, -0.2) is 0 Å². The first-order chi connectivity index (χ1) is 6.08. The molecular weight excluding hydrogens is 186 g/mol. The molecule has 3 N–H and O–H groups in total. The van der Waals surface area contributed by atoms with Crippen molar-refractivity contribution in [3.05, 3.63) is 0 Å². The molecule has 1 fully saturated rings. The van der Waals surface area contributed by atoms with Crippen LogP contribution in [0.4, 0.5) is 0 Å². The molecule has 1 aliphatic carbocycles. The van der Waals surface area contributed by atoms with Crippen LogP contribution < -0.4 is 11.1 Å². The zero-order valence-electron chi connectivity index (χ0n) is 8.12. The van der Waals surface area contributed by atoms with Gasteiger partial charge in [-0.1, -0.05) is 0 Å². The van der Waals surface area contributed by atoms with Crippen LogP contribution in [-0.2, 0) is 10.8 Å². The average Bonchev–Trinajstić information content (AvgIpc) is 2.67. The molecule has 1 saturated carbocycles. The maximum atomic E-state index is 10.9. The fourth-order valence-corrected chi connectivity index (χ4v) is 1.87. The summed E-state index contributed by atoms with van der Waals surface area (Å²) in [5.41, 5.74) is 5.63. The third-order valence-electron chi connectivity index (χ3n) is 1.75. The lowest BCUT2D eigenvalue weighted by Gasteiger charge is -2.12. The Morgan fingerprint density at radius 2 is 2.38 bits per heavy atom. The lowest BCUT2D eigenvalue weighted by Crippen LogP contribution is -2.41. The smallest absolute Gasteiger partial charge is 0.189 e. The number of rotatable bonds is 4. The maximum Gasteiger partial charge on any atom is 0.189 e. The quantitative estimate of drug-likeness (QED) is 0.492. The SMILES string of the molecule is CC(CS(C)=O)NC(N)=NC1CC1. The van der Waals surface area contributed by atoms with Crippen LogP contribution in [0.5, 0.6) is 0 Å². The van der Waals surface area contributed by atoms with Gasteiger partial charge in [-0.15, -0.1) is 0 Å². The number of nitrogens with one attached hydrogen (secondary N) is 1. The summed E-state index contributed by atoms with van der Waals surface area (Å²) in [7, 11) is -0.782. The second-order valence-corrected chi connectivity index (χ2v) is 5.01. The summed E-state index contributed by atoms with van der Waals surface area (Å²) in [5.74, 6) is 1.10. The topological polar surface area (TPSA) is 67.5 Å². The van der Waals surface area contributed by atoms with Gasteiger partial charge in [-0.2, -0.15) is 0 Å². The van der Waals surface area contributed by atoms with E-state index in [9.17, 15) is 4.21 Å². The molecule has 0 aromatic rings. The molecule has 0 spiro atoms. The van der Waals surface area contributed by atoms with Gasteiger partial charge in [0.05, 0.1) is 6.04 Å². The summed E-state index contributed by atoms with van der Waals surface area (Å²) in [5, 5.41) is 3.02. The molecule has 2 atom stereocenters. The van der Waals surface area contributed by atoms with Gasteiger partial charge < -0.3 is 11.1 Å². The van der Waals surface area contributed by atoms with Crippen LogP contribution in [0, 0.1) is 0 Å². The molecule has 0 heterocycles. The average molecular weight is 203 g/mol. The zero-order valence-corrected chi connectivity index (χ0v) is 8.93. The Kier molecular flexibility index (Phi) is 3.71. The van der Waals surface area contributed by atoms with Crippen molar-refractivity contribution in [1.82, 2.24) is 5.32 Å². The van der Waals surface area contributed by atoms with Crippen molar-refractivity contribution < 1.29 is 4.21 Å². The van der Waals surface area contributed by atoms with Crippen molar-refractivity contribution in [1.29, 1.82) is 0 Å². The molecule has 13 heavy (non-hydrogen) atoms. The number of aliphatic imine (C=N–C) groups is 1. The summed E-state index contributed by atoms with van der Waals surface area (Å²) < 4.78 is 10.9. The van der Waals surface area contributed by atoms with Crippen molar-refractivity contribution in [2.45, 2.75) is 31.8 Å². The second-order valence-electron chi connectivity index (χ2n) is 3.53. The van der Waals surface area contributed by atoms with Crippen LogP contribution in [0.2, 0.25) is 0 Å². The fraction of sp³-hybridized carbons (Fsp3) is 0.875. The molecule has 4 nitrogen and oxygen atoms in total. The summed E-state index contributed by atoms with van der Waals surface area (Å²) in [4.78, 5) is 4.22. The largest absolute Gasteiger partial charge is 0.370 e. The van der Waals surface area contributed by atoms with E-state index < -0.39 is 10.8 Å². The zero-order chi connectivity index (χ0) is 9.84. The number of hydrogen-bond donors (Lipinski definition) is 2. The van der Waals surface area contributed by atoms with Crippen LogP contribution in [0.3, 0.4) is 0 Å². The summed E-state index contributed by atoms with van der Waals surface area (Å²) in [6.45, 7) is 1.96. The second kappa shape index (κ2) is 4.60. The molecule has 0 saturated heterocycles. The highest BCUT2D eigenvalue weighted by Gasteiger charge is 2.20. The van der Waals surface area contributed by atoms with Crippen LogP contribution in [0.15, 0.2) is 4.99 Å². The van der Waals surface area contributed by atoms with Crippen molar-refractivity contribution >= 4 is 16.8 Å². The highest BCUT2D eigenvalue weighted by atomic mass is 32.2. The third-order valence-corrected chi connectivity index (χ3v) is 2.72. The van der Waals surface area contributed by atoms with E-state index in [1.807, 2.05) is 6.92 Å². The molecule has 0 aromatic carbocycles. The first kappa shape index (κ1) is 10.5. The standard InChI is InChI=1S/C8H17N3OS/c1-6(5-13(2)12)10-8(9)11-7-3-4-7/h6-7H,3-5H2,1-2H3,(H3,9,10,11). The van der Waals surface area contributed by atoms with E-state index in [1.165, 1.54) is 0 Å². The van der Waals surface area contributed by atoms with Gasteiger partial charge in [0.15, 0.2) is 5.96 Å². The molecule has 0 radical (unpaired) electrons. The normalized spacial score (nSPS) is 22.5. The lowest BCUT2D eigenvalue weighted by atomic mass is 10.4. The molecule has 76 valence electrons. The predicted octanol–water partition coefficient (Wildman–Crippen LogP) is -0.180. The Balaban J connectivity index is 2.25. The fourth-order valence-electron chi connectivity index (χ4n) is 1.08. The van der Waals surface area contributed by atoms with Crippen molar-refractivity contribution in [2.75, 3.05) is 12.0 Å². The number of hydrogen-bond acceptors (Lipinski definition) is 2. The van der Waals surface area contributed by atoms with Crippen molar-refractivity contribution in [3.63, 3.8) is 0 Å². The first-order valence-electron chi connectivity index (χ1n) is 4.47. The van der Waals surface area contributed by atoms with E-state index in [2.05, 4.69) is 10.3 Å². The number of guanidine groups is 1. The minimum absolute atomic E-state index is 0.133. The molecule has 0 aromatic heterocycles. The molecule has 1 aliphatic rings. The van der Waals surface area contributed by atoms with E-state index in [4.69, 9.17) is 5.73 Å². The van der Waals surface area contributed by atoms with Crippen molar-refractivity contribution in [3.8, 4) is 0 Å². The highest BCUT2D eigenvalue weighted by Crippen LogP contribution is 2.22. The van der Waals surface area contributed by atoms with E-state index in [0.717, 1.165) is 12.8 Å². The molecule has 0 bridgehead atoms. The van der Waals surface area contributed by atoms with E-state index in [1.54, 1.807) is 6.26 Å². The van der Waals surface area contributed by atoms with Gasteiger partial charge in [-0.3, -0.25) is 9.20 Å². The monoisotopic (exact) mass is 203 g/mol. The molecule has 1 rings (SSSR count). The molecule has 0 aliphatic heterocycles. The summed E-state index contributed by atoms with van der Waals surface area (Å²) in [6, 6.07) is 0.570. The van der Waals surface area contributed by atoms with Crippen LogP contribution in [0.25, 0.3) is 0 Å². The predicted molar refractivity (Wildman–Crippen MR) is 56.2 cm³/mol. The summed E-state index contributed by atoms with van der Waals surface area (Å²) >= 11 is 0. The molecule has 5 heteroatoms. The van der Waals surface area contributed by atoms with Gasteiger partial charge in [0.25, 0.3) is 0 Å². The maximum absolute atomic E-state index is 10.9. The van der Waals surface area contributed by atoms with Gasteiger partial charge in [0.2, 0.25) is 0 Å². The van der Waals surface area contributed by atoms with Gasteiger partial charge in [-0.05, 0) is 19.8 Å².